The molecule has 2 unspecified atom stereocenters. The van der Waals surface area contributed by atoms with Crippen molar-refractivity contribution in [3.63, 3.8) is 0 Å². The Labute approximate surface area is 201 Å². The highest BCUT2D eigenvalue weighted by atomic mass is 32.2. The van der Waals surface area contributed by atoms with Crippen LogP contribution in [0.4, 0.5) is 10.1 Å². The summed E-state index contributed by atoms with van der Waals surface area (Å²) in [4.78, 5) is 30.5. The van der Waals surface area contributed by atoms with Gasteiger partial charge in [0.25, 0.3) is 11.7 Å². The van der Waals surface area contributed by atoms with E-state index in [4.69, 9.17) is 0 Å². The Morgan fingerprint density at radius 2 is 1.89 bits per heavy atom. The van der Waals surface area contributed by atoms with E-state index < -0.39 is 39.7 Å². The lowest BCUT2D eigenvalue weighted by Crippen LogP contribution is -2.39. The molecular formula is C25H22FN3O5S. The normalized spacial score (nSPS) is 19.3. The van der Waals surface area contributed by atoms with Crippen LogP contribution < -0.4 is 4.90 Å². The number of pyridine rings is 1. The smallest absolute Gasteiger partial charge is 0.299 e. The number of aliphatic hydroxyl groups is 1. The second-order valence-electron chi connectivity index (χ2n) is 8.58. The molecule has 0 radical (unpaired) electrons. The molecule has 0 spiro atoms. The fourth-order valence-corrected chi connectivity index (χ4v) is 6.38. The molecule has 2 aromatic carbocycles. The Morgan fingerprint density at radius 1 is 1.11 bits per heavy atom. The fourth-order valence-electron chi connectivity index (χ4n) is 4.66. The monoisotopic (exact) mass is 495 g/mol. The van der Waals surface area contributed by atoms with Crippen LogP contribution >= 0.6 is 0 Å². The summed E-state index contributed by atoms with van der Waals surface area (Å²) in [6.45, 7) is 0.278. The molecule has 1 N–H and O–H groups in total. The second-order valence-corrected chi connectivity index (χ2v) is 10.5. The number of aliphatic hydroxyl groups excluding tert-OH is 1. The van der Waals surface area contributed by atoms with E-state index in [2.05, 4.69) is 4.98 Å². The zero-order valence-electron chi connectivity index (χ0n) is 18.5. The third kappa shape index (κ3) is 4.13. The second kappa shape index (κ2) is 8.95. The number of carbonyl (C=O) groups excluding carboxylic acids is 2. The van der Waals surface area contributed by atoms with E-state index in [1.807, 2.05) is 0 Å². The minimum Gasteiger partial charge on any atom is -0.387 e. The third-order valence-electron chi connectivity index (χ3n) is 6.44. The molecule has 2 atom stereocenters. The molecule has 35 heavy (non-hydrogen) atoms. The summed E-state index contributed by atoms with van der Waals surface area (Å²) in [5.41, 5.74) is 1.45. The van der Waals surface area contributed by atoms with E-state index in [0.29, 0.717) is 29.7 Å². The number of benzene rings is 2. The topological polar surface area (TPSA) is 108 Å². The number of anilines is 1. The van der Waals surface area contributed by atoms with Gasteiger partial charge in [-0.3, -0.25) is 14.6 Å². The van der Waals surface area contributed by atoms with Gasteiger partial charge in [-0.25, -0.2) is 12.8 Å². The number of halogens is 1. The highest BCUT2D eigenvalue weighted by Crippen LogP contribution is 2.37. The summed E-state index contributed by atoms with van der Waals surface area (Å²) in [6.07, 6.45) is 3.08. The quantitative estimate of drug-likeness (QED) is 0.527. The van der Waals surface area contributed by atoms with Crippen LogP contribution in [0.2, 0.25) is 0 Å². The van der Waals surface area contributed by atoms with E-state index in [9.17, 15) is 27.5 Å². The van der Waals surface area contributed by atoms with Gasteiger partial charge < -0.3 is 10.0 Å². The van der Waals surface area contributed by atoms with Crippen molar-refractivity contribution in [2.24, 2.45) is 0 Å². The number of rotatable bonds is 6. The van der Waals surface area contributed by atoms with Crippen molar-refractivity contribution in [2.45, 2.75) is 36.4 Å². The van der Waals surface area contributed by atoms with Gasteiger partial charge in [0.1, 0.15) is 5.82 Å². The largest absolute Gasteiger partial charge is 0.387 e. The molecule has 3 aromatic rings. The highest BCUT2D eigenvalue weighted by Gasteiger charge is 2.42. The molecule has 10 heteroatoms. The minimum atomic E-state index is -4.06. The van der Waals surface area contributed by atoms with E-state index in [0.717, 1.165) is 0 Å². The zero-order valence-corrected chi connectivity index (χ0v) is 19.4. The lowest BCUT2D eigenvalue weighted by molar-refractivity contribution is -0.114. The third-order valence-corrected chi connectivity index (χ3v) is 8.36. The Hall–Kier alpha value is -3.47. The van der Waals surface area contributed by atoms with Gasteiger partial charge in [0.15, 0.2) is 0 Å². The van der Waals surface area contributed by atoms with Crippen LogP contribution in [-0.2, 0) is 21.4 Å². The first-order valence-corrected chi connectivity index (χ1v) is 12.6. The molecule has 3 heterocycles. The van der Waals surface area contributed by atoms with Gasteiger partial charge in [0, 0.05) is 24.5 Å². The Kier molecular flexibility index (Phi) is 5.96. The van der Waals surface area contributed by atoms with E-state index in [-0.39, 0.29) is 23.5 Å². The Morgan fingerprint density at radius 3 is 2.60 bits per heavy atom. The summed E-state index contributed by atoms with van der Waals surface area (Å²) < 4.78 is 41.5. The van der Waals surface area contributed by atoms with Crippen molar-refractivity contribution in [2.75, 3.05) is 11.4 Å². The number of ketones is 1. The number of Topliss-reactive ketones (excluding diaryl/α,β-unsaturated/α-hetero) is 1. The maximum absolute atomic E-state index is 13.5. The molecular weight excluding hydrogens is 473 g/mol. The van der Waals surface area contributed by atoms with Gasteiger partial charge in [0.05, 0.1) is 34.8 Å². The van der Waals surface area contributed by atoms with E-state index in [1.165, 1.54) is 57.9 Å². The summed E-state index contributed by atoms with van der Waals surface area (Å²) in [5, 5.41) is 10.8. The van der Waals surface area contributed by atoms with Crippen LogP contribution in [0.5, 0.6) is 0 Å². The van der Waals surface area contributed by atoms with Gasteiger partial charge in [-0.05, 0) is 54.8 Å². The van der Waals surface area contributed by atoms with Gasteiger partial charge in [-0.15, -0.1) is 0 Å². The standard InChI is InChI=1S/C25H22FN3O5S/c26-18-7-5-16(6-8-18)15-28-21-10-9-19(13-20(21)24(31)25(28)32)35(33,34)29-12-2-4-22(29)23(30)17-3-1-11-27-14-17/h1,3,5-11,13-14,22-23,30H,2,4,12,15H2. The van der Waals surface area contributed by atoms with Crippen LogP contribution in [0.15, 0.2) is 71.9 Å². The van der Waals surface area contributed by atoms with Crippen molar-refractivity contribution in [1.82, 2.24) is 9.29 Å². The van der Waals surface area contributed by atoms with Crippen molar-refractivity contribution >= 4 is 27.4 Å². The number of fused-ring (bicyclic) bond motifs is 1. The number of hydrogen-bond donors (Lipinski definition) is 1. The minimum absolute atomic E-state index is 0.00161. The van der Waals surface area contributed by atoms with Gasteiger partial charge in [-0.1, -0.05) is 18.2 Å². The van der Waals surface area contributed by atoms with Crippen molar-refractivity contribution in [3.8, 4) is 0 Å². The predicted molar refractivity (Wildman–Crippen MR) is 124 cm³/mol. The number of carbonyl (C=O) groups is 2. The van der Waals surface area contributed by atoms with Gasteiger partial charge in [-0.2, -0.15) is 4.31 Å². The first kappa shape index (κ1) is 23.3. The average Bonchev–Trinajstić information content (AvgIpc) is 3.46. The van der Waals surface area contributed by atoms with Gasteiger partial charge in [0.2, 0.25) is 10.0 Å². The van der Waals surface area contributed by atoms with Crippen LogP contribution in [0.3, 0.4) is 0 Å². The van der Waals surface area contributed by atoms with Crippen molar-refractivity contribution in [3.05, 3.63) is 89.5 Å². The molecule has 8 nitrogen and oxygen atoms in total. The molecule has 2 aliphatic heterocycles. The lowest BCUT2D eigenvalue weighted by atomic mass is 10.0. The maximum atomic E-state index is 13.5. The Bertz CT molecular complexity index is 1400. The lowest BCUT2D eigenvalue weighted by Gasteiger charge is -2.28. The van der Waals surface area contributed by atoms with Gasteiger partial charge >= 0.3 is 0 Å². The predicted octanol–water partition coefficient (Wildman–Crippen LogP) is 2.84. The molecule has 1 aromatic heterocycles. The van der Waals surface area contributed by atoms with Crippen LogP contribution in [-0.4, -0.2) is 47.1 Å². The summed E-state index contributed by atoms with van der Waals surface area (Å²) in [7, 11) is -4.06. The molecule has 0 aliphatic carbocycles. The average molecular weight is 496 g/mol. The molecule has 1 saturated heterocycles. The number of sulfonamides is 1. The number of amides is 1. The molecule has 0 bridgehead atoms. The van der Waals surface area contributed by atoms with Crippen LogP contribution in [0, 0.1) is 5.82 Å². The molecule has 1 fully saturated rings. The summed E-state index contributed by atoms with van der Waals surface area (Å²) in [6, 6.07) is 12.3. The van der Waals surface area contributed by atoms with E-state index >= 15 is 0 Å². The Balaban J connectivity index is 1.44. The number of hydrogen-bond acceptors (Lipinski definition) is 6. The first-order valence-electron chi connectivity index (χ1n) is 11.1. The highest BCUT2D eigenvalue weighted by molar-refractivity contribution is 7.89. The number of nitrogens with zero attached hydrogens (tertiary/aromatic N) is 3. The zero-order chi connectivity index (χ0) is 24.7. The van der Waals surface area contributed by atoms with E-state index in [1.54, 1.807) is 18.3 Å². The van der Waals surface area contributed by atoms with Crippen molar-refractivity contribution < 1.29 is 27.5 Å². The summed E-state index contributed by atoms with van der Waals surface area (Å²) >= 11 is 0. The molecule has 180 valence electrons. The molecule has 1 amide bonds. The maximum Gasteiger partial charge on any atom is 0.299 e. The molecule has 2 aliphatic rings. The summed E-state index contributed by atoms with van der Waals surface area (Å²) in [5.74, 6) is -1.99. The van der Waals surface area contributed by atoms with Crippen LogP contribution in [0.25, 0.3) is 0 Å². The number of aromatic nitrogens is 1. The molecule has 5 rings (SSSR count). The first-order chi connectivity index (χ1) is 16.8. The van der Waals surface area contributed by atoms with Crippen molar-refractivity contribution in [1.29, 1.82) is 0 Å². The van der Waals surface area contributed by atoms with Crippen LogP contribution in [0.1, 0.15) is 40.4 Å². The molecule has 0 saturated carbocycles. The fraction of sp³-hybridized carbons (Fsp3) is 0.240. The SMILES string of the molecule is O=C1C(=O)N(Cc2ccc(F)cc2)c2ccc(S(=O)(=O)N3CCCC3C(O)c3cccnc3)cc21.